The van der Waals surface area contributed by atoms with Gasteiger partial charge in [0.15, 0.2) is 52.4 Å². The van der Waals surface area contributed by atoms with Crippen LogP contribution in [0.3, 0.4) is 0 Å². The van der Waals surface area contributed by atoms with E-state index in [1.807, 2.05) is 0 Å². The summed E-state index contributed by atoms with van der Waals surface area (Å²) in [5.41, 5.74) is -3.21. The van der Waals surface area contributed by atoms with Crippen LogP contribution in [0.5, 0.6) is 0 Å². The Bertz CT molecular complexity index is 986. The standard InChI is InChI=1S/C16H6B2F9N2/c1-5-8(19)10(21)6(11(22)9(5)20)17-28-2-3-29(4-28)18-7-12(23)14(25)16(27)15(26)13(7)24/h2-4H,1H3/q+1. The Morgan fingerprint density at radius 2 is 1.10 bits per heavy atom. The summed E-state index contributed by atoms with van der Waals surface area (Å²) in [5.74, 6) is -17.4. The van der Waals surface area contributed by atoms with E-state index in [-0.39, 0.29) is 0 Å². The summed E-state index contributed by atoms with van der Waals surface area (Å²) < 4.78 is 124. The second-order valence-corrected chi connectivity index (χ2v) is 5.84. The Hall–Kier alpha value is -2.85. The lowest BCUT2D eigenvalue weighted by atomic mass is 9.80. The summed E-state index contributed by atoms with van der Waals surface area (Å²) in [5, 5.41) is 0. The number of halogens is 9. The van der Waals surface area contributed by atoms with Crippen LogP contribution >= 0.6 is 0 Å². The number of aromatic nitrogens is 2. The van der Waals surface area contributed by atoms with Crippen LogP contribution in [0, 0.1) is 59.3 Å². The number of benzene rings is 2. The highest BCUT2D eigenvalue weighted by atomic mass is 19.2. The molecule has 13 heteroatoms. The van der Waals surface area contributed by atoms with Crippen molar-refractivity contribution in [1.82, 2.24) is 4.48 Å². The van der Waals surface area contributed by atoms with Gasteiger partial charge in [0.2, 0.25) is 6.33 Å². The predicted molar refractivity (Wildman–Crippen MR) is 83.4 cm³/mol. The molecule has 148 valence electrons. The van der Waals surface area contributed by atoms with E-state index in [4.69, 9.17) is 0 Å². The van der Waals surface area contributed by atoms with Crippen LogP contribution in [0.1, 0.15) is 5.56 Å². The maximum absolute atomic E-state index is 13.9. The van der Waals surface area contributed by atoms with Crippen molar-refractivity contribution in [2.45, 2.75) is 6.92 Å². The third-order valence-corrected chi connectivity index (χ3v) is 3.99. The van der Waals surface area contributed by atoms with Crippen molar-refractivity contribution in [3.8, 4) is 0 Å². The molecule has 0 atom stereocenters. The fourth-order valence-electron chi connectivity index (χ4n) is 2.44. The minimum absolute atomic E-state index is 0.517. The largest absolute Gasteiger partial charge is 0.442 e. The molecule has 3 rings (SSSR count). The Labute approximate surface area is 158 Å². The molecule has 0 amide bonds. The van der Waals surface area contributed by atoms with Gasteiger partial charge in [0.05, 0.1) is 0 Å². The van der Waals surface area contributed by atoms with Gasteiger partial charge in [0, 0.05) is 16.5 Å². The maximum Gasteiger partial charge on any atom is 0.442 e. The molecule has 29 heavy (non-hydrogen) atoms. The van der Waals surface area contributed by atoms with Crippen LogP contribution in [-0.2, 0) is 0 Å². The number of hydrogen-bond acceptors (Lipinski definition) is 0. The summed E-state index contributed by atoms with van der Waals surface area (Å²) in [7, 11) is 1.14. The van der Waals surface area contributed by atoms with Crippen LogP contribution < -0.4 is 15.4 Å². The lowest BCUT2D eigenvalue weighted by molar-refractivity contribution is -0.525. The summed E-state index contributed by atoms with van der Waals surface area (Å²) in [6.07, 6.45) is 2.95. The van der Waals surface area contributed by atoms with Crippen molar-refractivity contribution in [3.05, 3.63) is 76.6 Å². The predicted octanol–water partition coefficient (Wildman–Crippen LogP) is 1.92. The molecule has 0 aliphatic heterocycles. The molecule has 0 N–H and O–H groups in total. The zero-order chi connectivity index (χ0) is 21.6. The molecule has 0 unspecified atom stereocenters. The minimum atomic E-state index is -2.33. The van der Waals surface area contributed by atoms with Crippen molar-refractivity contribution in [3.63, 3.8) is 0 Å². The molecule has 2 radical (unpaired) electrons. The quantitative estimate of drug-likeness (QED) is 0.265. The first-order valence-electron chi connectivity index (χ1n) is 7.66. The first-order chi connectivity index (χ1) is 13.5. The highest BCUT2D eigenvalue weighted by molar-refractivity contribution is 6.52. The molecule has 0 spiro atoms. The lowest BCUT2D eigenvalue weighted by Gasteiger charge is -2.06. The topological polar surface area (TPSA) is 8.81 Å². The molecule has 3 aromatic rings. The molecule has 1 aromatic heterocycles. The molecular weight excluding hydrogens is 413 g/mol. The third kappa shape index (κ3) is 3.49. The van der Waals surface area contributed by atoms with Gasteiger partial charge >= 0.3 is 14.8 Å². The van der Waals surface area contributed by atoms with Gasteiger partial charge < -0.3 is 0 Å². The van der Waals surface area contributed by atoms with Crippen LogP contribution in [0.25, 0.3) is 0 Å². The summed E-state index contributed by atoms with van der Waals surface area (Å²) in [4.78, 5) is 0. The average molecular weight is 419 g/mol. The Morgan fingerprint density at radius 3 is 1.62 bits per heavy atom. The summed E-state index contributed by atoms with van der Waals surface area (Å²) in [6.45, 7) is 0.837. The van der Waals surface area contributed by atoms with Crippen LogP contribution in [-0.4, -0.2) is 19.3 Å². The van der Waals surface area contributed by atoms with Crippen molar-refractivity contribution in [2.75, 3.05) is 0 Å². The van der Waals surface area contributed by atoms with E-state index in [0.29, 0.717) is 14.8 Å². The molecule has 0 fully saturated rings. The second kappa shape index (κ2) is 7.52. The zero-order valence-corrected chi connectivity index (χ0v) is 14.2. The Kier molecular flexibility index (Phi) is 5.42. The fourth-order valence-corrected chi connectivity index (χ4v) is 2.44. The van der Waals surface area contributed by atoms with E-state index in [9.17, 15) is 39.5 Å². The molecule has 0 bridgehead atoms. The molecule has 0 saturated carbocycles. The molecule has 0 saturated heterocycles. The SMILES string of the molecule is Cc1c(F)c(F)c([B]n2cc[n+]([B]c3c(F)c(F)c(F)c(F)c3F)c2)c(F)c1F. The Balaban J connectivity index is 1.93. The number of hydrogen-bond donors (Lipinski definition) is 0. The van der Waals surface area contributed by atoms with Gasteiger partial charge in [-0.25, -0.2) is 39.5 Å². The van der Waals surface area contributed by atoms with Gasteiger partial charge in [0.25, 0.3) is 0 Å². The first-order valence-corrected chi connectivity index (χ1v) is 7.66. The van der Waals surface area contributed by atoms with Gasteiger partial charge in [0.1, 0.15) is 12.4 Å². The van der Waals surface area contributed by atoms with Crippen LogP contribution in [0.15, 0.2) is 18.7 Å². The number of nitrogens with zero attached hydrogens (tertiary/aromatic N) is 2. The molecule has 2 nitrogen and oxygen atoms in total. The molecule has 0 aliphatic rings. The smallest absolute Gasteiger partial charge is 0.300 e. The van der Waals surface area contributed by atoms with Gasteiger partial charge in [-0.05, 0) is 6.92 Å². The minimum Gasteiger partial charge on any atom is -0.300 e. The third-order valence-electron chi connectivity index (χ3n) is 3.99. The van der Waals surface area contributed by atoms with E-state index >= 15 is 0 Å². The molecule has 1 heterocycles. The van der Waals surface area contributed by atoms with E-state index in [0.717, 1.165) is 34.6 Å². The number of rotatable bonds is 4. The zero-order valence-electron chi connectivity index (χ0n) is 14.2. The van der Waals surface area contributed by atoms with Gasteiger partial charge in [-0.3, -0.25) is 8.96 Å². The average Bonchev–Trinajstić information content (AvgIpc) is 3.15. The highest BCUT2D eigenvalue weighted by Gasteiger charge is 2.30. The van der Waals surface area contributed by atoms with E-state index < -0.39 is 68.8 Å². The van der Waals surface area contributed by atoms with Crippen molar-refractivity contribution in [2.24, 2.45) is 0 Å². The van der Waals surface area contributed by atoms with E-state index in [1.54, 1.807) is 0 Å². The van der Waals surface area contributed by atoms with Crippen LogP contribution in [0.2, 0.25) is 0 Å². The summed E-state index contributed by atoms with van der Waals surface area (Å²) >= 11 is 0. The summed E-state index contributed by atoms with van der Waals surface area (Å²) in [6, 6.07) is 0. The lowest BCUT2D eigenvalue weighted by Crippen LogP contribution is -2.49. The van der Waals surface area contributed by atoms with Crippen molar-refractivity contribution in [1.29, 1.82) is 0 Å². The second-order valence-electron chi connectivity index (χ2n) is 5.84. The van der Waals surface area contributed by atoms with E-state index in [2.05, 4.69) is 0 Å². The van der Waals surface area contributed by atoms with Crippen LogP contribution in [0.4, 0.5) is 39.5 Å². The fraction of sp³-hybridized carbons (Fsp3) is 0.0625. The first kappa shape index (κ1) is 20.9. The molecule has 0 aliphatic carbocycles. The number of imidazole rings is 1. The Morgan fingerprint density at radius 1 is 0.655 bits per heavy atom. The monoisotopic (exact) mass is 419 g/mol. The molecular formula is C16H6B2F9N2+. The van der Waals surface area contributed by atoms with Crippen molar-refractivity contribution >= 4 is 25.8 Å². The van der Waals surface area contributed by atoms with E-state index in [1.165, 1.54) is 0 Å². The molecule has 2 aromatic carbocycles. The normalized spacial score (nSPS) is 11.1. The maximum atomic E-state index is 13.9. The van der Waals surface area contributed by atoms with Gasteiger partial charge in [-0.2, -0.15) is 0 Å². The van der Waals surface area contributed by atoms with Gasteiger partial charge in [-0.1, -0.05) is 0 Å². The highest BCUT2D eigenvalue weighted by Crippen LogP contribution is 2.17. The van der Waals surface area contributed by atoms with Crippen molar-refractivity contribution < 1.29 is 44.0 Å². The van der Waals surface area contributed by atoms with Gasteiger partial charge in [-0.15, -0.1) is 0 Å².